The van der Waals surface area contributed by atoms with Gasteiger partial charge in [0.25, 0.3) is 22.1 Å². The van der Waals surface area contributed by atoms with Crippen LogP contribution in [0.5, 0.6) is 0 Å². The predicted molar refractivity (Wildman–Crippen MR) is 142 cm³/mol. The van der Waals surface area contributed by atoms with Gasteiger partial charge in [-0.2, -0.15) is 9.97 Å². The van der Waals surface area contributed by atoms with Crippen molar-refractivity contribution in [1.82, 2.24) is 0 Å². The molecule has 0 aliphatic rings. The fraction of sp³-hybridized carbons (Fsp3) is 0. The van der Waals surface area contributed by atoms with Crippen LogP contribution in [0.15, 0.2) is 79.8 Å². The summed E-state index contributed by atoms with van der Waals surface area (Å²) in [6.07, 6.45) is 0. The summed E-state index contributed by atoms with van der Waals surface area (Å²) in [5, 5.41) is 2.23. The van der Waals surface area contributed by atoms with Gasteiger partial charge in [-0.05, 0) is 12.1 Å². The summed E-state index contributed by atoms with van der Waals surface area (Å²) in [6, 6.07) is 16.1. The van der Waals surface area contributed by atoms with Gasteiger partial charge < -0.3 is 0 Å². The average molecular weight is 511 g/mol. The first-order valence-electron chi connectivity index (χ1n) is 11.0. The highest BCUT2D eigenvalue weighted by Gasteiger charge is 2.29. The highest BCUT2D eigenvalue weighted by Crippen LogP contribution is 2.29. The van der Waals surface area contributed by atoms with Gasteiger partial charge in [0.05, 0.1) is 0 Å². The highest BCUT2D eigenvalue weighted by atomic mass is 35.5. The number of halogens is 2. The number of hydrogen-bond acceptors (Lipinski definition) is 4. The van der Waals surface area contributed by atoms with Crippen molar-refractivity contribution in [2.24, 2.45) is 0 Å². The molecule has 1 heterocycles. The van der Waals surface area contributed by atoms with Gasteiger partial charge in [0.15, 0.2) is 10.9 Å². The number of fused-ring (bicyclic) bond motifs is 8. The second-order valence-electron chi connectivity index (χ2n) is 8.72. The third kappa shape index (κ3) is 2.57. The molecular weight excluding hydrogens is 499 g/mol. The Morgan fingerprint density at radius 2 is 0.778 bits per heavy atom. The first-order valence-corrected chi connectivity index (χ1v) is 11.8. The van der Waals surface area contributed by atoms with E-state index in [1.807, 2.05) is 0 Å². The minimum atomic E-state index is -0.333. The summed E-state index contributed by atoms with van der Waals surface area (Å²) >= 11 is 13.2. The Labute approximate surface area is 209 Å². The Balaban J connectivity index is 1.78. The van der Waals surface area contributed by atoms with Gasteiger partial charge in [-0.3, -0.25) is 19.2 Å². The van der Waals surface area contributed by atoms with E-state index in [9.17, 15) is 19.2 Å². The van der Waals surface area contributed by atoms with Crippen LogP contribution >= 0.6 is 23.2 Å². The van der Waals surface area contributed by atoms with Crippen LogP contribution in [0.4, 0.5) is 0 Å². The normalized spacial score (nSPS) is 12.1. The third-order valence-corrected chi connectivity index (χ3v) is 7.43. The standard InChI is InChI=1S/C28H10Cl2N2O4/c29-17-9-15-19(27(35)13-7-3-1-5-11(13)25(15)33)23-21(17)32-24-20-16(10-18(30)22(24)31-23)26(34)12-6-2-4-8-14(12)28(20)36/h1-10H/p+2. The molecule has 0 saturated carbocycles. The lowest BCUT2D eigenvalue weighted by Gasteiger charge is -2.04. The molecule has 0 spiro atoms. The SMILES string of the molecule is O=c1c2ccccc2c(=O)c2c1cc(Cl)c1[nH+]c3c([nH+]c12)c(Cl)cc1c(=O)c2ccccc2c(=O)c13. The molecule has 8 heteroatoms. The molecule has 0 fully saturated rings. The van der Waals surface area contributed by atoms with Crippen molar-refractivity contribution in [1.29, 1.82) is 0 Å². The zero-order valence-electron chi connectivity index (χ0n) is 18.2. The van der Waals surface area contributed by atoms with Gasteiger partial charge in [-0.1, -0.05) is 71.7 Å². The van der Waals surface area contributed by atoms with E-state index >= 15 is 0 Å². The molecule has 7 rings (SSSR count). The Kier molecular flexibility index (Phi) is 4.17. The fourth-order valence-corrected chi connectivity index (χ4v) is 5.69. The van der Waals surface area contributed by atoms with Crippen LogP contribution < -0.4 is 31.7 Å². The fourth-order valence-electron chi connectivity index (χ4n) is 5.19. The highest BCUT2D eigenvalue weighted by molar-refractivity contribution is 6.37. The maximum atomic E-state index is 13.5. The van der Waals surface area contributed by atoms with E-state index in [2.05, 4.69) is 9.97 Å². The second kappa shape index (κ2) is 7.13. The van der Waals surface area contributed by atoms with Gasteiger partial charge in [0, 0.05) is 32.3 Å². The molecular formula is C28H12Cl2N2O4+2. The molecule has 0 saturated heterocycles. The molecule has 0 bridgehead atoms. The Hall–Kier alpha value is -4.26. The molecule has 0 amide bonds. The molecule has 1 aromatic heterocycles. The maximum Gasteiger partial charge on any atom is 0.295 e. The zero-order valence-corrected chi connectivity index (χ0v) is 19.7. The lowest BCUT2D eigenvalue weighted by atomic mass is 9.99. The van der Waals surface area contributed by atoms with Gasteiger partial charge in [-0.15, -0.1) is 0 Å². The molecule has 170 valence electrons. The van der Waals surface area contributed by atoms with Crippen LogP contribution in [0.1, 0.15) is 0 Å². The summed E-state index contributed by atoms with van der Waals surface area (Å²) < 4.78 is 0. The Morgan fingerprint density at radius 3 is 1.14 bits per heavy atom. The molecule has 36 heavy (non-hydrogen) atoms. The predicted octanol–water partition coefficient (Wildman–Crippen LogP) is 3.86. The number of H-pyrrole nitrogens is 2. The molecule has 0 radical (unpaired) electrons. The summed E-state index contributed by atoms with van der Waals surface area (Å²) in [4.78, 5) is 59.8. The minimum absolute atomic E-state index is 0.165. The van der Waals surface area contributed by atoms with Crippen LogP contribution in [-0.2, 0) is 0 Å². The van der Waals surface area contributed by atoms with Gasteiger partial charge >= 0.3 is 0 Å². The van der Waals surface area contributed by atoms with Crippen molar-refractivity contribution in [3.63, 3.8) is 0 Å². The van der Waals surface area contributed by atoms with E-state index < -0.39 is 0 Å². The van der Waals surface area contributed by atoms with Crippen molar-refractivity contribution in [3.8, 4) is 0 Å². The van der Waals surface area contributed by atoms with E-state index in [4.69, 9.17) is 23.2 Å². The van der Waals surface area contributed by atoms with Crippen LogP contribution in [-0.4, -0.2) is 0 Å². The van der Waals surface area contributed by atoms with Crippen molar-refractivity contribution >= 4 is 88.4 Å². The molecule has 6 aromatic carbocycles. The largest absolute Gasteiger partial charge is 0.295 e. The summed E-state index contributed by atoms with van der Waals surface area (Å²) in [5.74, 6) is 0. The number of rotatable bonds is 0. The number of hydrogen-bond donors (Lipinski definition) is 0. The second-order valence-corrected chi connectivity index (χ2v) is 9.53. The molecule has 6 nitrogen and oxygen atoms in total. The first-order chi connectivity index (χ1) is 17.4. The Morgan fingerprint density at radius 1 is 0.444 bits per heavy atom. The van der Waals surface area contributed by atoms with Crippen molar-refractivity contribution in [2.45, 2.75) is 0 Å². The van der Waals surface area contributed by atoms with E-state index in [1.165, 1.54) is 12.1 Å². The van der Waals surface area contributed by atoms with Crippen LogP contribution in [0, 0.1) is 0 Å². The van der Waals surface area contributed by atoms with E-state index in [0.717, 1.165) is 0 Å². The number of nitrogens with one attached hydrogen (secondary N) is 2. The monoisotopic (exact) mass is 510 g/mol. The van der Waals surface area contributed by atoms with Crippen LogP contribution in [0.25, 0.3) is 65.2 Å². The van der Waals surface area contributed by atoms with E-state index in [1.54, 1.807) is 48.5 Å². The number of benzene rings is 6. The van der Waals surface area contributed by atoms with Crippen molar-refractivity contribution in [3.05, 3.63) is 112 Å². The molecule has 0 aliphatic carbocycles. The molecule has 0 unspecified atom stereocenters. The van der Waals surface area contributed by atoms with Gasteiger partial charge in [0.1, 0.15) is 20.8 Å². The summed E-state index contributed by atoms with van der Waals surface area (Å²) in [7, 11) is 0. The molecule has 2 N–H and O–H groups in total. The summed E-state index contributed by atoms with van der Waals surface area (Å²) in [6.45, 7) is 0. The average Bonchev–Trinajstić information content (AvgIpc) is 2.89. The van der Waals surface area contributed by atoms with E-state index in [0.29, 0.717) is 32.6 Å². The molecule has 0 aliphatic heterocycles. The minimum Gasteiger partial charge on any atom is -0.289 e. The van der Waals surface area contributed by atoms with Crippen LogP contribution in [0.2, 0.25) is 10.0 Å². The Bertz CT molecular complexity index is 2210. The lowest BCUT2D eigenvalue weighted by molar-refractivity contribution is -0.359. The third-order valence-electron chi connectivity index (χ3n) is 6.83. The van der Waals surface area contributed by atoms with Crippen molar-refractivity contribution < 1.29 is 9.97 Å². The quantitative estimate of drug-likeness (QED) is 0.228. The van der Waals surface area contributed by atoms with Gasteiger partial charge in [-0.25, -0.2) is 0 Å². The topological polar surface area (TPSA) is 96.6 Å². The number of aromatic nitrogens is 2. The first kappa shape index (κ1) is 21.1. The zero-order chi connectivity index (χ0) is 24.9. The van der Waals surface area contributed by atoms with Crippen molar-refractivity contribution in [2.75, 3.05) is 0 Å². The maximum absolute atomic E-state index is 13.5. The molecule has 0 atom stereocenters. The smallest absolute Gasteiger partial charge is 0.289 e. The number of aromatic amines is 2. The van der Waals surface area contributed by atoms with Crippen LogP contribution in [0.3, 0.4) is 0 Å². The molecule has 7 aromatic rings. The van der Waals surface area contributed by atoms with E-state index in [-0.39, 0.29) is 64.3 Å². The lowest BCUT2D eigenvalue weighted by Crippen LogP contribution is -2.24. The summed E-state index contributed by atoms with van der Waals surface area (Å²) in [5.41, 5.74) is -0.0958. The van der Waals surface area contributed by atoms with Gasteiger partial charge in [0.2, 0.25) is 10.9 Å².